The molecule has 2 aromatic rings. The van der Waals surface area contributed by atoms with Gasteiger partial charge in [0.15, 0.2) is 5.65 Å². The average Bonchev–Trinajstić information content (AvgIpc) is 2.27. The summed E-state index contributed by atoms with van der Waals surface area (Å²) in [6.07, 6.45) is 0. The molecule has 0 atom stereocenters. The minimum Gasteiger partial charge on any atom is -0.341 e. The van der Waals surface area contributed by atoms with Gasteiger partial charge in [0.05, 0.1) is 5.52 Å². The average molecular weight is 151 g/mol. The highest BCUT2D eigenvalue weighted by molar-refractivity contribution is 5.69. The van der Waals surface area contributed by atoms with E-state index in [-0.39, 0.29) is 0 Å². The fraction of sp³-hybridized carbons (Fsp3) is 0.143. The van der Waals surface area contributed by atoms with E-state index in [1.54, 1.807) is 13.0 Å². The van der Waals surface area contributed by atoms with Crippen LogP contribution in [0.1, 0.15) is 5.82 Å². The van der Waals surface area contributed by atoms with Crippen molar-refractivity contribution in [2.75, 3.05) is 0 Å². The molecule has 0 aliphatic carbocycles. The fourth-order valence-electron chi connectivity index (χ4n) is 0.990. The van der Waals surface area contributed by atoms with Crippen LogP contribution in [0, 0.1) is 12.9 Å². The third-order valence-electron chi connectivity index (χ3n) is 1.43. The molecule has 0 bridgehead atoms. The Hall–Kier alpha value is -1.45. The van der Waals surface area contributed by atoms with E-state index in [0.717, 1.165) is 11.3 Å². The van der Waals surface area contributed by atoms with Gasteiger partial charge in [-0.1, -0.05) is 0 Å². The second kappa shape index (κ2) is 2.02. The van der Waals surface area contributed by atoms with E-state index in [9.17, 15) is 4.39 Å². The molecule has 2 heterocycles. The maximum atomic E-state index is 12.5. The number of H-pyrrole nitrogens is 1. The normalized spacial score (nSPS) is 10.7. The first-order valence-electron chi connectivity index (χ1n) is 3.24. The summed E-state index contributed by atoms with van der Waals surface area (Å²) in [5.41, 5.74) is 1.20. The van der Waals surface area contributed by atoms with Gasteiger partial charge in [0, 0.05) is 0 Å². The highest BCUT2D eigenvalue weighted by Gasteiger charge is 2.00. The van der Waals surface area contributed by atoms with E-state index in [4.69, 9.17) is 0 Å². The Morgan fingerprint density at radius 3 is 3.00 bits per heavy atom. The van der Waals surface area contributed by atoms with Gasteiger partial charge < -0.3 is 4.98 Å². The predicted octanol–water partition coefficient (Wildman–Crippen LogP) is 1.41. The summed E-state index contributed by atoms with van der Waals surface area (Å²) in [7, 11) is 0. The van der Waals surface area contributed by atoms with Crippen LogP contribution < -0.4 is 0 Å². The van der Waals surface area contributed by atoms with Gasteiger partial charge in [-0.05, 0) is 19.1 Å². The Labute approximate surface area is 62.3 Å². The van der Waals surface area contributed by atoms with Crippen molar-refractivity contribution in [1.82, 2.24) is 15.0 Å². The van der Waals surface area contributed by atoms with Crippen LogP contribution in [-0.4, -0.2) is 15.0 Å². The Kier molecular flexibility index (Phi) is 1.15. The SMILES string of the molecule is Cc1nc2nc(F)ccc2[nH]1. The van der Waals surface area contributed by atoms with E-state index < -0.39 is 5.95 Å². The Balaban J connectivity index is 2.82. The molecule has 0 unspecified atom stereocenters. The molecule has 0 amide bonds. The molecular formula is C7H6FN3. The summed E-state index contributed by atoms with van der Waals surface area (Å²) in [5.74, 6) is 0.252. The van der Waals surface area contributed by atoms with Crippen LogP contribution >= 0.6 is 0 Å². The molecule has 0 saturated heterocycles. The molecule has 11 heavy (non-hydrogen) atoms. The van der Waals surface area contributed by atoms with Gasteiger partial charge in [-0.15, -0.1) is 0 Å². The molecule has 0 aromatic carbocycles. The second-order valence-electron chi connectivity index (χ2n) is 2.33. The van der Waals surface area contributed by atoms with Crippen LogP contribution in [0.2, 0.25) is 0 Å². The van der Waals surface area contributed by atoms with Crippen LogP contribution in [0.15, 0.2) is 12.1 Å². The van der Waals surface area contributed by atoms with E-state index in [1.807, 2.05) is 0 Å². The molecule has 4 heteroatoms. The Morgan fingerprint density at radius 2 is 2.18 bits per heavy atom. The van der Waals surface area contributed by atoms with Crippen molar-refractivity contribution in [2.45, 2.75) is 6.92 Å². The number of aromatic nitrogens is 3. The number of nitrogens with one attached hydrogen (secondary N) is 1. The number of nitrogens with zero attached hydrogens (tertiary/aromatic N) is 2. The zero-order chi connectivity index (χ0) is 7.84. The van der Waals surface area contributed by atoms with Gasteiger partial charge in [-0.3, -0.25) is 0 Å². The summed E-state index contributed by atoms with van der Waals surface area (Å²) < 4.78 is 12.5. The molecule has 0 saturated carbocycles. The van der Waals surface area contributed by atoms with Crippen LogP contribution in [0.5, 0.6) is 0 Å². The standard InChI is InChI=1S/C7H6FN3/c1-4-9-5-2-3-6(8)11-7(5)10-4/h2-3H,1H3,(H,9,10,11). The van der Waals surface area contributed by atoms with Crippen LogP contribution in [-0.2, 0) is 0 Å². The molecule has 3 nitrogen and oxygen atoms in total. The highest BCUT2D eigenvalue weighted by atomic mass is 19.1. The minimum atomic E-state index is -0.496. The summed E-state index contributed by atoms with van der Waals surface area (Å²) in [6.45, 7) is 1.81. The number of rotatable bonds is 0. The smallest absolute Gasteiger partial charge is 0.215 e. The Morgan fingerprint density at radius 1 is 1.36 bits per heavy atom. The first-order valence-corrected chi connectivity index (χ1v) is 3.24. The van der Waals surface area contributed by atoms with Crippen LogP contribution in [0.25, 0.3) is 11.2 Å². The molecule has 0 radical (unpaired) electrons. The van der Waals surface area contributed by atoms with E-state index >= 15 is 0 Å². The number of aromatic amines is 1. The summed E-state index contributed by atoms with van der Waals surface area (Å²) in [6, 6.07) is 2.93. The van der Waals surface area contributed by atoms with Gasteiger partial charge in [0.25, 0.3) is 0 Å². The lowest BCUT2D eigenvalue weighted by atomic mass is 10.4. The van der Waals surface area contributed by atoms with Gasteiger partial charge >= 0.3 is 0 Å². The summed E-state index contributed by atoms with van der Waals surface area (Å²) in [5, 5.41) is 0. The van der Waals surface area contributed by atoms with Crippen molar-refractivity contribution >= 4 is 11.2 Å². The second-order valence-corrected chi connectivity index (χ2v) is 2.33. The third kappa shape index (κ3) is 0.960. The van der Waals surface area contributed by atoms with E-state index in [0.29, 0.717) is 5.65 Å². The number of pyridine rings is 1. The first kappa shape index (κ1) is 6.27. The van der Waals surface area contributed by atoms with Crippen LogP contribution in [0.4, 0.5) is 4.39 Å². The van der Waals surface area contributed by atoms with Crippen molar-refractivity contribution in [3.63, 3.8) is 0 Å². The van der Waals surface area contributed by atoms with Crippen molar-refractivity contribution in [1.29, 1.82) is 0 Å². The quantitative estimate of drug-likeness (QED) is 0.578. The minimum absolute atomic E-state index is 0.433. The maximum Gasteiger partial charge on any atom is 0.215 e. The number of hydrogen-bond donors (Lipinski definition) is 1. The number of fused-ring (bicyclic) bond motifs is 1. The van der Waals surface area contributed by atoms with Gasteiger partial charge in [-0.25, -0.2) is 4.98 Å². The van der Waals surface area contributed by atoms with Crippen molar-refractivity contribution in [3.8, 4) is 0 Å². The Bertz CT molecular complexity index is 393. The zero-order valence-electron chi connectivity index (χ0n) is 5.93. The summed E-state index contributed by atoms with van der Waals surface area (Å²) >= 11 is 0. The maximum absolute atomic E-state index is 12.5. The number of hydrogen-bond acceptors (Lipinski definition) is 2. The monoisotopic (exact) mass is 151 g/mol. The van der Waals surface area contributed by atoms with Crippen molar-refractivity contribution < 1.29 is 4.39 Å². The lowest BCUT2D eigenvalue weighted by molar-refractivity contribution is 0.588. The highest BCUT2D eigenvalue weighted by Crippen LogP contribution is 2.07. The zero-order valence-corrected chi connectivity index (χ0v) is 5.93. The summed E-state index contributed by atoms with van der Waals surface area (Å²) in [4.78, 5) is 10.5. The van der Waals surface area contributed by atoms with Crippen molar-refractivity contribution in [2.24, 2.45) is 0 Å². The van der Waals surface area contributed by atoms with Gasteiger partial charge in [0.1, 0.15) is 5.82 Å². The fourth-order valence-corrected chi connectivity index (χ4v) is 0.990. The molecule has 2 aromatic heterocycles. The topological polar surface area (TPSA) is 41.6 Å². The molecule has 2 rings (SSSR count). The number of imidazole rings is 1. The molecule has 1 N–H and O–H groups in total. The van der Waals surface area contributed by atoms with Gasteiger partial charge in [-0.2, -0.15) is 9.37 Å². The molecule has 56 valence electrons. The van der Waals surface area contributed by atoms with Gasteiger partial charge in [0.2, 0.25) is 5.95 Å². The lowest BCUT2D eigenvalue weighted by Crippen LogP contribution is -1.81. The molecule has 0 spiro atoms. The van der Waals surface area contributed by atoms with E-state index in [1.165, 1.54) is 6.07 Å². The van der Waals surface area contributed by atoms with Crippen LogP contribution in [0.3, 0.4) is 0 Å². The van der Waals surface area contributed by atoms with Crippen molar-refractivity contribution in [3.05, 3.63) is 23.9 Å². The molecular weight excluding hydrogens is 145 g/mol. The number of aryl methyl sites for hydroxylation is 1. The molecule has 0 fully saturated rings. The first-order chi connectivity index (χ1) is 5.25. The third-order valence-corrected chi connectivity index (χ3v) is 1.43. The van der Waals surface area contributed by atoms with E-state index in [2.05, 4.69) is 15.0 Å². The number of halogens is 1. The lowest BCUT2D eigenvalue weighted by Gasteiger charge is -1.85. The molecule has 0 aliphatic heterocycles. The predicted molar refractivity (Wildman–Crippen MR) is 38.6 cm³/mol. The molecule has 0 aliphatic rings. The largest absolute Gasteiger partial charge is 0.341 e.